The summed E-state index contributed by atoms with van der Waals surface area (Å²) in [5, 5.41) is 12.2. The second-order valence-electron chi connectivity index (χ2n) is 4.81. The predicted octanol–water partition coefficient (Wildman–Crippen LogP) is 2.14. The van der Waals surface area contributed by atoms with E-state index in [1.165, 1.54) is 6.07 Å². The molecule has 3 nitrogen and oxygen atoms in total. The third-order valence-corrected chi connectivity index (χ3v) is 2.81. The number of benzene rings is 1. The Morgan fingerprint density at radius 2 is 2.11 bits per heavy atom. The van der Waals surface area contributed by atoms with Gasteiger partial charge in [0.25, 0.3) is 0 Å². The minimum Gasteiger partial charge on any atom is -0.396 e. The lowest BCUT2D eigenvalue weighted by Gasteiger charge is -2.23. The first-order valence-corrected chi connectivity index (χ1v) is 6.38. The number of rotatable bonds is 7. The van der Waals surface area contributed by atoms with Crippen molar-refractivity contribution in [3.05, 3.63) is 29.6 Å². The van der Waals surface area contributed by atoms with Gasteiger partial charge in [0.2, 0.25) is 0 Å². The third kappa shape index (κ3) is 4.63. The highest BCUT2D eigenvalue weighted by Gasteiger charge is 2.09. The van der Waals surface area contributed by atoms with Crippen LogP contribution in [-0.4, -0.2) is 31.3 Å². The van der Waals surface area contributed by atoms with Crippen molar-refractivity contribution < 1.29 is 9.50 Å². The first-order chi connectivity index (χ1) is 8.54. The number of nitrogens with zero attached hydrogens (tertiary/aromatic N) is 1. The van der Waals surface area contributed by atoms with Crippen LogP contribution in [0.4, 0.5) is 10.1 Å². The average molecular weight is 254 g/mol. The maximum absolute atomic E-state index is 13.3. The van der Waals surface area contributed by atoms with Gasteiger partial charge in [-0.1, -0.05) is 13.8 Å². The van der Waals surface area contributed by atoms with Gasteiger partial charge in [0.05, 0.1) is 0 Å². The van der Waals surface area contributed by atoms with Gasteiger partial charge in [0, 0.05) is 38.5 Å². The number of halogens is 1. The van der Waals surface area contributed by atoms with Gasteiger partial charge in [-0.15, -0.1) is 0 Å². The topological polar surface area (TPSA) is 35.5 Å². The molecule has 0 radical (unpaired) electrons. The molecule has 0 fully saturated rings. The summed E-state index contributed by atoms with van der Waals surface area (Å²) in [5.41, 5.74) is 1.96. The van der Waals surface area contributed by atoms with E-state index in [1.807, 2.05) is 11.9 Å². The molecule has 2 N–H and O–H groups in total. The summed E-state index contributed by atoms with van der Waals surface area (Å²) in [6.07, 6.45) is 0.713. The van der Waals surface area contributed by atoms with Crippen molar-refractivity contribution in [1.29, 1.82) is 0 Å². The Labute approximate surface area is 109 Å². The van der Waals surface area contributed by atoms with E-state index in [0.29, 0.717) is 19.0 Å². The molecule has 1 aromatic rings. The number of nitrogens with one attached hydrogen (secondary N) is 1. The minimum absolute atomic E-state index is 0.172. The van der Waals surface area contributed by atoms with Crippen LogP contribution >= 0.6 is 0 Å². The molecule has 4 heteroatoms. The second kappa shape index (κ2) is 7.34. The fourth-order valence-electron chi connectivity index (χ4n) is 1.81. The van der Waals surface area contributed by atoms with E-state index in [9.17, 15) is 4.39 Å². The Morgan fingerprint density at radius 1 is 1.39 bits per heavy atom. The molecular formula is C14H23FN2O. The first-order valence-electron chi connectivity index (χ1n) is 6.38. The Hall–Kier alpha value is -1.13. The van der Waals surface area contributed by atoms with Gasteiger partial charge in [-0.05, 0) is 30.2 Å². The van der Waals surface area contributed by atoms with Crippen LogP contribution in [0, 0.1) is 5.82 Å². The van der Waals surface area contributed by atoms with E-state index in [2.05, 4.69) is 19.2 Å². The van der Waals surface area contributed by atoms with Crippen LogP contribution in [0.25, 0.3) is 0 Å². The third-order valence-electron chi connectivity index (χ3n) is 2.81. The normalized spacial score (nSPS) is 11.0. The molecule has 0 aliphatic heterocycles. The van der Waals surface area contributed by atoms with E-state index in [-0.39, 0.29) is 12.4 Å². The van der Waals surface area contributed by atoms with Gasteiger partial charge >= 0.3 is 0 Å². The summed E-state index contributed by atoms with van der Waals surface area (Å²) >= 11 is 0. The van der Waals surface area contributed by atoms with Crippen molar-refractivity contribution in [2.45, 2.75) is 32.9 Å². The van der Waals surface area contributed by atoms with Crippen LogP contribution in [0.1, 0.15) is 25.8 Å². The van der Waals surface area contributed by atoms with Crippen molar-refractivity contribution in [1.82, 2.24) is 5.32 Å². The van der Waals surface area contributed by atoms with Crippen LogP contribution in [0.2, 0.25) is 0 Å². The van der Waals surface area contributed by atoms with Gasteiger partial charge in [0.1, 0.15) is 5.82 Å². The van der Waals surface area contributed by atoms with E-state index in [4.69, 9.17) is 5.11 Å². The fourth-order valence-corrected chi connectivity index (χ4v) is 1.81. The second-order valence-corrected chi connectivity index (χ2v) is 4.81. The van der Waals surface area contributed by atoms with E-state index < -0.39 is 0 Å². The lowest BCUT2D eigenvalue weighted by atomic mass is 10.1. The molecule has 0 amide bonds. The number of hydrogen-bond donors (Lipinski definition) is 2. The molecule has 1 rings (SSSR count). The number of hydrogen-bond acceptors (Lipinski definition) is 3. The Bertz CT molecular complexity index is 369. The molecule has 18 heavy (non-hydrogen) atoms. The van der Waals surface area contributed by atoms with Crippen molar-refractivity contribution in [2.24, 2.45) is 0 Å². The quantitative estimate of drug-likeness (QED) is 0.782. The summed E-state index contributed by atoms with van der Waals surface area (Å²) < 4.78 is 13.3. The monoisotopic (exact) mass is 254 g/mol. The lowest BCUT2D eigenvalue weighted by Crippen LogP contribution is -2.25. The molecule has 0 aromatic heterocycles. The Balaban J connectivity index is 2.81. The molecule has 0 spiro atoms. The maximum atomic E-state index is 13.3. The summed E-state index contributed by atoms with van der Waals surface area (Å²) in [6.45, 7) is 5.71. The van der Waals surface area contributed by atoms with E-state index in [1.54, 1.807) is 12.1 Å². The van der Waals surface area contributed by atoms with Crippen LogP contribution in [0.5, 0.6) is 0 Å². The summed E-state index contributed by atoms with van der Waals surface area (Å²) in [6, 6.07) is 5.21. The average Bonchev–Trinajstić information content (AvgIpc) is 2.33. The van der Waals surface area contributed by atoms with Crippen molar-refractivity contribution in [2.75, 3.05) is 25.1 Å². The van der Waals surface area contributed by atoms with E-state index in [0.717, 1.165) is 17.8 Å². The van der Waals surface area contributed by atoms with Crippen LogP contribution < -0.4 is 10.2 Å². The summed E-state index contributed by atoms with van der Waals surface area (Å²) in [7, 11) is 1.96. The first kappa shape index (κ1) is 14.9. The van der Waals surface area contributed by atoms with Crippen molar-refractivity contribution >= 4 is 5.69 Å². The number of aliphatic hydroxyl groups excluding tert-OH is 1. The molecule has 0 aliphatic rings. The molecule has 0 bridgehead atoms. The molecule has 0 aliphatic carbocycles. The highest BCUT2D eigenvalue weighted by molar-refractivity contribution is 5.53. The van der Waals surface area contributed by atoms with Crippen LogP contribution in [0.3, 0.4) is 0 Å². The van der Waals surface area contributed by atoms with Gasteiger partial charge in [0.15, 0.2) is 0 Å². The minimum atomic E-state index is -0.213. The lowest BCUT2D eigenvalue weighted by molar-refractivity contribution is 0.290. The van der Waals surface area contributed by atoms with Gasteiger partial charge < -0.3 is 15.3 Å². The van der Waals surface area contributed by atoms with Gasteiger partial charge in [-0.25, -0.2) is 4.39 Å². The smallest absolute Gasteiger partial charge is 0.123 e. The zero-order valence-corrected chi connectivity index (χ0v) is 11.4. The predicted molar refractivity (Wildman–Crippen MR) is 73.3 cm³/mol. The summed E-state index contributed by atoms with van der Waals surface area (Å²) in [4.78, 5) is 2.05. The number of anilines is 1. The van der Waals surface area contributed by atoms with E-state index >= 15 is 0 Å². The Morgan fingerprint density at radius 3 is 2.72 bits per heavy atom. The molecule has 0 unspecified atom stereocenters. The highest BCUT2D eigenvalue weighted by Crippen LogP contribution is 2.21. The van der Waals surface area contributed by atoms with Crippen LogP contribution in [-0.2, 0) is 6.54 Å². The largest absolute Gasteiger partial charge is 0.396 e. The molecule has 0 atom stereocenters. The molecular weight excluding hydrogens is 231 g/mol. The van der Waals surface area contributed by atoms with Crippen molar-refractivity contribution in [3.8, 4) is 0 Å². The van der Waals surface area contributed by atoms with Crippen molar-refractivity contribution in [3.63, 3.8) is 0 Å². The number of aliphatic hydroxyl groups is 1. The standard InChI is InChI=1S/C14H23FN2O/c1-11(2)16-10-12-9-13(15)5-6-14(12)17(3)7-4-8-18/h5-6,9,11,16,18H,4,7-8,10H2,1-3H3. The Kier molecular flexibility index (Phi) is 6.09. The molecule has 0 saturated heterocycles. The summed E-state index contributed by atoms with van der Waals surface area (Å²) in [5.74, 6) is -0.213. The molecule has 0 saturated carbocycles. The zero-order valence-electron chi connectivity index (χ0n) is 11.4. The zero-order chi connectivity index (χ0) is 13.5. The van der Waals surface area contributed by atoms with Gasteiger partial charge in [-0.3, -0.25) is 0 Å². The molecule has 102 valence electrons. The molecule has 0 heterocycles. The van der Waals surface area contributed by atoms with Crippen LogP contribution in [0.15, 0.2) is 18.2 Å². The molecule has 1 aromatic carbocycles. The maximum Gasteiger partial charge on any atom is 0.123 e. The van der Waals surface area contributed by atoms with Gasteiger partial charge in [-0.2, -0.15) is 0 Å². The SMILES string of the molecule is CC(C)NCc1cc(F)ccc1N(C)CCCO. The fraction of sp³-hybridized carbons (Fsp3) is 0.571. The highest BCUT2D eigenvalue weighted by atomic mass is 19.1.